The first-order valence-corrected chi connectivity index (χ1v) is 8.25. The lowest BCUT2D eigenvalue weighted by molar-refractivity contribution is -0.384. The number of hydrogen-bond donors (Lipinski definition) is 0. The molecular formula is C16H10ClN3O4S. The van der Waals surface area contributed by atoms with Crippen molar-refractivity contribution in [2.45, 2.75) is 11.6 Å². The Morgan fingerprint density at radius 2 is 1.88 bits per heavy atom. The third-order valence-electron chi connectivity index (χ3n) is 3.21. The van der Waals surface area contributed by atoms with E-state index in [1.54, 1.807) is 36.4 Å². The molecule has 0 unspecified atom stereocenters. The monoisotopic (exact) mass is 375 g/mol. The van der Waals surface area contributed by atoms with E-state index in [9.17, 15) is 14.9 Å². The van der Waals surface area contributed by atoms with Gasteiger partial charge in [0.25, 0.3) is 10.9 Å². The third-order valence-corrected chi connectivity index (χ3v) is 4.25. The van der Waals surface area contributed by atoms with Crippen LogP contribution in [0.25, 0.3) is 11.5 Å². The average Bonchev–Trinajstić information content (AvgIpc) is 3.03. The molecule has 0 saturated heterocycles. The maximum atomic E-state index is 12.1. The maximum Gasteiger partial charge on any atom is 0.284 e. The smallest absolute Gasteiger partial charge is 0.284 e. The van der Waals surface area contributed by atoms with Crippen LogP contribution in [-0.4, -0.2) is 20.2 Å². The van der Waals surface area contributed by atoms with Crippen molar-refractivity contribution in [2.75, 3.05) is 0 Å². The highest BCUT2D eigenvalue weighted by Crippen LogP contribution is 2.29. The molecule has 0 aliphatic heterocycles. The number of nitrogens with zero attached hydrogens (tertiary/aromatic N) is 3. The van der Waals surface area contributed by atoms with Crippen molar-refractivity contribution in [1.29, 1.82) is 0 Å². The van der Waals surface area contributed by atoms with Crippen LogP contribution in [0.1, 0.15) is 5.56 Å². The third kappa shape index (κ3) is 4.23. The maximum absolute atomic E-state index is 12.1. The van der Waals surface area contributed by atoms with Crippen LogP contribution in [0.15, 0.2) is 58.2 Å². The fourth-order valence-corrected chi connectivity index (χ4v) is 2.88. The number of non-ortho nitro benzene ring substituents is 1. The molecule has 3 rings (SSSR count). The molecule has 3 aromatic rings. The lowest BCUT2D eigenvalue weighted by atomic mass is 10.1. The Morgan fingerprint density at radius 3 is 2.56 bits per heavy atom. The Hall–Kier alpha value is -2.71. The van der Waals surface area contributed by atoms with Gasteiger partial charge in [-0.2, -0.15) is 0 Å². The molecule has 0 bridgehead atoms. The summed E-state index contributed by atoms with van der Waals surface area (Å²) in [6.07, 6.45) is 0.0897. The second-order valence-electron chi connectivity index (χ2n) is 4.93. The van der Waals surface area contributed by atoms with Gasteiger partial charge in [-0.1, -0.05) is 35.9 Å². The first-order chi connectivity index (χ1) is 12.0. The van der Waals surface area contributed by atoms with Crippen molar-refractivity contribution >= 4 is 34.2 Å². The van der Waals surface area contributed by atoms with E-state index in [0.29, 0.717) is 16.1 Å². The Balaban J connectivity index is 1.66. The molecule has 2 aromatic carbocycles. The molecule has 0 saturated carbocycles. The number of carbonyl (C=O) groups is 1. The number of nitro benzene ring substituents is 1. The fourth-order valence-electron chi connectivity index (χ4n) is 2.03. The number of halogens is 1. The second kappa shape index (κ2) is 7.45. The Bertz CT molecular complexity index is 927. The molecule has 0 aliphatic carbocycles. The van der Waals surface area contributed by atoms with Crippen molar-refractivity contribution < 1.29 is 14.1 Å². The normalized spacial score (nSPS) is 10.6. The van der Waals surface area contributed by atoms with Gasteiger partial charge >= 0.3 is 0 Å². The summed E-state index contributed by atoms with van der Waals surface area (Å²) in [4.78, 5) is 22.2. The van der Waals surface area contributed by atoms with Gasteiger partial charge in [0.1, 0.15) is 0 Å². The van der Waals surface area contributed by atoms with Gasteiger partial charge < -0.3 is 4.42 Å². The van der Waals surface area contributed by atoms with E-state index in [2.05, 4.69) is 10.2 Å². The summed E-state index contributed by atoms with van der Waals surface area (Å²) in [5.41, 5.74) is 1.23. The zero-order valence-corrected chi connectivity index (χ0v) is 14.2. The van der Waals surface area contributed by atoms with Gasteiger partial charge in [-0.3, -0.25) is 14.9 Å². The molecule has 25 heavy (non-hydrogen) atoms. The Labute approximate surface area is 151 Å². The van der Waals surface area contributed by atoms with Crippen molar-refractivity contribution in [2.24, 2.45) is 0 Å². The summed E-state index contributed by atoms with van der Waals surface area (Å²) in [5.74, 6) is 0.233. The van der Waals surface area contributed by atoms with Gasteiger partial charge in [0.2, 0.25) is 11.0 Å². The summed E-state index contributed by atoms with van der Waals surface area (Å²) in [7, 11) is 0. The molecule has 0 spiro atoms. The zero-order chi connectivity index (χ0) is 17.8. The van der Waals surface area contributed by atoms with Crippen LogP contribution < -0.4 is 0 Å². The molecule has 0 N–H and O–H groups in total. The van der Waals surface area contributed by atoms with Crippen LogP contribution in [-0.2, 0) is 11.2 Å². The summed E-state index contributed by atoms with van der Waals surface area (Å²) < 4.78 is 5.46. The lowest BCUT2D eigenvalue weighted by Gasteiger charge is -1.99. The first kappa shape index (κ1) is 17.1. The number of benzene rings is 2. The van der Waals surface area contributed by atoms with E-state index in [-0.39, 0.29) is 28.3 Å². The molecular weight excluding hydrogens is 366 g/mol. The first-order valence-electron chi connectivity index (χ1n) is 7.05. The average molecular weight is 376 g/mol. The highest BCUT2D eigenvalue weighted by Gasteiger charge is 2.16. The SMILES string of the molecule is O=C(Cc1ccc([N+](=O)[O-])cc1)Sc1nnc(-c2ccccc2Cl)o1. The molecule has 0 atom stereocenters. The van der Waals surface area contributed by atoms with Gasteiger partial charge in [0.15, 0.2) is 0 Å². The van der Waals surface area contributed by atoms with E-state index in [1.807, 2.05) is 0 Å². The number of carbonyl (C=O) groups excluding carboxylic acids is 1. The van der Waals surface area contributed by atoms with Crippen LogP contribution >= 0.6 is 23.4 Å². The molecule has 1 aromatic heterocycles. The van der Waals surface area contributed by atoms with Crippen LogP contribution in [0.2, 0.25) is 5.02 Å². The highest BCUT2D eigenvalue weighted by molar-refractivity contribution is 8.13. The van der Waals surface area contributed by atoms with E-state index in [4.69, 9.17) is 16.0 Å². The summed E-state index contributed by atoms with van der Waals surface area (Å²) in [6.45, 7) is 0. The minimum atomic E-state index is -0.491. The summed E-state index contributed by atoms with van der Waals surface area (Å²) in [6, 6.07) is 12.8. The van der Waals surface area contributed by atoms with E-state index < -0.39 is 4.92 Å². The van der Waals surface area contributed by atoms with Crippen LogP contribution in [0.3, 0.4) is 0 Å². The summed E-state index contributed by atoms with van der Waals surface area (Å²) in [5, 5.41) is 18.7. The zero-order valence-electron chi connectivity index (χ0n) is 12.6. The largest absolute Gasteiger partial charge is 0.411 e. The quantitative estimate of drug-likeness (QED) is 0.375. The standard InChI is InChI=1S/C16H10ClN3O4S/c17-13-4-2-1-3-12(13)15-18-19-16(24-15)25-14(21)9-10-5-7-11(8-6-10)20(22)23/h1-8H,9H2. The van der Waals surface area contributed by atoms with Gasteiger partial charge in [0, 0.05) is 30.3 Å². The van der Waals surface area contributed by atoms with Gasteiger partial charge in [0.05, 0.1) is 15.5 Å². The van der Waals surface area contributed by atoms with Gasteiger partial charge in [-0.25, -0.2) is 0 Å². The predicted octanol–water partition coefficient (Wildman–Crippen LogP) is 4.16. The predicted molar refractivity (Wildman–Crippen MR) is 92.4 cm³/mol. The van der Waals surface area contributed by atoms with E-state index >= 15 is 0 Å². The molecule has 0 amide bonds. The minimum absolute atomic E-state index is 0.0230. The molecule has 126 valence electrons. The van der Waals surface area contributed by atoms with E-state index in [1.165, 1.54) is 12.1 Å². The van der Waals surface area contributed by atoms with Crippen LogP contribution in [0.5, 0.6) is 0 Å². The topological polar surface area (TPSA) is 99.1 Å². The second-order valence-corrected chi connectivity index (χ2v) is 6.34. The molecule has 0 fully saturated rings. The van der Waals surface area contributed by atoms with Crippen LogP contribution in [0, 0.1) is 10.1 Å². The van der Waals surface area contributed by atoms with Gasteiger partial charge in [-0.05, 0) is 17.7 Å². The number of thioether (sulfide) groups is 1. The Kier molecular flexibility index (Phi) is 5.11. The number of rotatable bonds is 5. The fraction of sp³-hybridized carbons (Fsp3) is 0.0625. The molecule has 1 heterocycles. The van der Waals surface area contributed by atoms with Crippen LogP contribution in [0.4, 0.5) is 5.69 Å². The van der Waals surface area contributed by atoms with Crippen molar-refractivity contribution in [1.82, 2.24) is 10.2 Å². The molecule has 0 aliphatic rings. The summed E-state index contributed by atoms with van der Waals surface area (Å²) >= 11 is 6.88. The van der Waals surface area contributed by atoms with Crippen molar-refractivity contribution in [3.8, 4) is 11.5 Å². The van der Waals surface area contributed by atoms with E-state index in [0.717, 1.165) is 11.8 Å². The molecule has 7 nitrogen and oxygen atoms in total. The van der Waals surface area contributed by atoms with Crippen molar-refractivity contribution in [3.05, 3.63) is 69.2 Å². The molecule has 9 heteroatoms. The number of aromatic nitrogens is 2. The highest BCUT2D eigenvalue weighted by atomic mass is 35.5. The number of hydrogen-bond acceptors (Lipinski definition) is 7. The van der Waals surface area contributed by atoms with Crippen molar-refractivity contribution in [3.63, 3.8) is 0 Å². The lowest BCUT2D eigenvalue weighted by Crippen LogP contribution is -1.98. The minimum Gasteiger partial charge on any atom is -0.411 e. The number of nitro groups is 1. The molecule has 0 radical (unpaired) electrons. The Morgan fingerprint density at radius 1 is 1.16 bits per heavy atom. The van der Waals surface area contributed by atoms with Gasteiger partial charge in [-0.15, -0.1) is 10.2 Å².